The number of halogens is 1. The van der Waals surface area contributed by atoms with Crippen LogP contribution in [0.2, 0.25) is 0 Å². The minimum atomic E-state index is 0. The van der Waals surface area contributed by atoms with Gasteiger partial charge in [0.2, 0.25) is 0 Å². The van der Waals surface area contributed by atoms with Crippen LogP contribution in [0.5, 0.6) is 0 Å². The molecule has 0 spiro atoms. The van der Waals surface area contributed by atoms with Crippen LogP contribution in [0.3, 0.4) is 0 Å². The minimum Gasteiger partial charge on any atom is -0.330 e. The number of imidazole rings is 1. The molecule has 2 aromatic rings. The lowest BCUT2D eigenvalue weighted by atomic mass is 10.1. The fraction of sp³-hybridized carbons (Fsp3) is 0.400. The molecule has 1 unspecified atom stereocenters. The Hall–Kier alpha value is -1.36. The zero-order chi connectivity index (χ0) is 13.1. The summed E-state index contributed by atoms with van der Waals surface area (Å²) in [5.41, 5.74) is 8.25. The van der Waals surface area contributed by atoms with Crippen molar-refractivity contribution < 1.29 is 0 Å². The lowest BCUT2D eigenvalue weighted by Gasteiger charge is -2.16. The predicted octanol–water partition coefficient (Wildman–Crippen LogP) is 2.07. The highest BCUT2D eigenvalue weighted by Gasteiger charge is 2.20. The molecular weight excluding hydrogens is 272 g/mol. The third-order valence-electron chi connectivity index (χ3n) is 3.85. The van der Waals surface area contributed by atoms with Crippen molar-refractivity contribution >= 4 is 12.4 Å². The van der Waals surface area contributed by atoms with Gasteiger partial charge in [-0.2, -0.15) is 0 Å². The molecule has 0 amide bonds. The second kappa shape index (κ2) is 6.88. The van der Waals surface area contributed by atoms with E-state index in [9.17, 15) is 0 Å². The number of benzene rings is 1. The van der Waals surface area contributed by atoms with Crippen LogP contribution in [-0.4, -0.2) is 34.1 Å². The molecule has 4 nitrogen and oxygen atoms in total. The van der Waals surface area contributed by atoms with Crippen molar-refractivity contribution in [3.63, 3.8) is 0 Å². The van der Waals surface area contributed by atoms with Gasteiger partial charge in [-0.3, -0.25) is 4.90 Å². The molecule has 0 saturated carbocycles. The van der Waals surface area contributed by atoms with Crippen LogP contribution in [0, 0.1) is 5.92 Å². The highest BCUT2D eigenvalue weighted by Crippen LogP contribution is 2.18. The number of rotatable bonds is 4. The van der Waals surface area contributed by atoms with Gasteiger partial charge in [-0.15, -0.1) is 12.4 Å². The summed E-state index contributed by atoms with van der Waals surface area (Å²) < 4.78 is 2.02. The first-order valence-electron chi connectivity index (χ1n) is 6.85. The van der Waals surface area contributed by atoms with Gasteiger partial charge in [-0.25, -0.2) is 4.98 Å². The van der Waals surface area contributed by atoms with E-state index in [1.54, 1.807) is 6.20 Å². The van der Waals surface area contributed by atoms with Crippen LogP contribution in [0.15, 0.2) is 43.0 Å². The number of hydrogen-bond donors (Lipinski definition) is 1. The summed E-state index contributed by atoms with van der Waals surface area (Å²) in [5, 5.41) is 0. The van der Waals surface area contributed by atoms with Crippen LogP contribution in [0.25, 0.3) is 5.69 Å². The quantitative estimate of drug-likeness (QED) is 0.938. The predicted molar refractivity (Wildman–Crippen MR) is 83.3 cm³/mol. The topological polar surface area (TPSA) is 47.1 Å². The van der Waals surface area contributed by atoms with Gasteiger partial charge in [-0.05, 0) is 43.1 Å². The van der Waals surface area contributed by atoms with Gasteiger partial charge in [0.15, 0.2) is 0 Å². The highest BCUT2D eigenvalue weighted by molar-refractivity contribution is 5.85. The molecule has 1 atom stereocenters. The summed E-state index contributed by atoms with van der Waals surface area (Å²) in [7, 11) is 0. The summed E-state index contributed by atoms with van der Waals surface area (Å²) >= 11 is 0. The molecular formula is C15H21ClN4. The smallest absolute Gasteiger partial charge is 0.0991 e. The maximum absolute atomic E-state index is 5.73. The van der Waals surface area contributed by atoms with Crippen molar-refractivity contribution in [2.24, 2.45) is 11.7 Å². The van der Waals surface area contributed by atoms with E-state index < -0.39 is 0 Å². The number of aromatic nitrogens is 2. The van der Waals surface area contributed by atoms with Crippen molar-refractivity contribution in [1.29, 1.82) is 0 Å². The summed E-state index contributed by atoms with van der Waals surface area (Å²) in [6.45, 7) is 4.15. The zero-order valence-corrected chi connectivity index (χ0v) is 12.3. The number of likely N-dealkylation sites (tertiary alicyclic amines) is 1. The maximum atomic E-state index is 5.73. The van der Waals surface area contributed by atoms with Crippen molar-refractivity contribution in [3.05, 3.63) is 48.5 Å². The van der Waals surface area contributed by atoms with E-state index in [-0.39, 0.29) is 12.4 Å². The molecule has 1 aromatic heterocycles. The zero-order valence-electron chi connectivity index (χ0n) is 11.5. The number of nitrogens with two attached hydrogens (primary N) is 1. The molecule has 20 heavy (non-hydrogen) atoms. The van der Waals surface area contributed by atoms with Crippen molar-refractivity contribution in [2.75, 3.05) is 19.6 Å². The van der Waals surface area contributed by atoms with E-state index in [1.807, 2.05) is 17.1 Å². The Labute approximate surface area is 126 Å². The Morgan fingerprint density at radius 3 is 2.65 bits per heavy atom. The summed E-state index contributed by atoms with van der Waals surface area (Å²) in [4.78, 5) is 6.55. The SMILES string of the molecule is Cl.NCC1CCN(Cc2ccc(-n3ccnc3)cc2)C1. The number of nitrogens with zero attached hydrogens (tertiary/aromatic N) is 3. The van der Waals surface area contributed by atoms with Crippen molar-refractivity contribution in [2.45, 2.75) is 13.0 Å². The Morgan fingerprint density at radius 1 is 1.25 bits per heavy atom. The number of hydrogen-bond acceptors (Lipinski definition) is 3. The average molecular weight is 293 g/mol. The summed E-state index contributed by atoms with van der Waals surface area (Å²) in [6, 6.07) is 8.69. The molecule has 108 valence electrons. The largest absolute Gasteiger partial charge is 0.330 e. The molecule has 3 rings (SSSR count). The van der Waals surface area contributed by atoms with E-state index in [0.29, 0.717) is 5.92 Å². The third-order valence-corrected chi connectivity index (χ3v) is 3.85. The maximum Gasteiger partial charge on any atom is 0.0991 e. The standard InChI is InChI=1S/C15H20N4.ClH/c16-9-14-5-7-18(11-14)10-13-1-3-15(4-2-13)19-8-6-17-12-19;/h1-4,6,8,12,14H,5,7,9-11,16H2;1H. The first kappa shape index (κ1) is 15.0. The molecule has 0 bridgehead atoms. The molecule has 0 radical (unpaired) electrons. The van der Waals surface area contributed by atoms with Gasteiger partial charge >= 0.3 is 0 Å². The minimum absolute atomic E-state index is 0. The molecule has 1 aromatic carbocycles. The van der Waals surface area contributed by atoms with Crippen LogP contribution < -0.4 is 5.73 Å². The van der Waals surface area contributed by atoms with E-state index in [0.717, 1.165) is 25.3 Å². The van der Waals surface area contributed by atoms with E-state index in [2.05, 4.69) is 34.1 Å². The van der Waals surface area contributed by atoms with Crippen molar-refractivity contribution in [3.8, 4) is 5.69 Å². The first-order chi connectivity index (χ1) is 9.35. The molecule has 1 aliphatic rings. The second-order valence-corrected chi connectivity index (χ2v) is 5.26. The Morgan fingerprint density at radius 2 is 2.05 bits per heavy atom. The highest BCUT2D eigenvalue weighted by atomic mass is 35.5. The monoisotopic (exact) mass is 292 g/mol. The van der Waals surface area contributed by atoms with Gasteiger partial charge in [0.05, 0.1) is 6.33 Å². The molecule has 0 aliphatic carbocycles. The molecule has 1 saturated heterocycles. The Kier molecular flexibility index (Phi) is 5.17. The second-order valence-electron chi connectivity index (χ2n) is 5.26. The fourth-order valence-corrected chi connectivity index (χ4v) is 2.69. The average Bonchev–Trinajstić information content (AvgIpc) is 3.10. The molecule has 2 N–H and O–H groups in total. The fourth-order valence-electron chi connectivity index (χ4n) is 2.69. The lowest BCUT2D eigenvalue weighted by Crippen LogP contribution is -2.22. The molecule has 5 heteroatoms. The lowest BCUT2D eigenvalue weighted by molar-refractivity contribution is 0.318. The van der Waals surface area contributed by atoms with Crippen LogP contribution in [0.4, 0.5) is 0 Å². The third kappa shape index (κ3) is 3.39. The molecule has 2 heterocycles. The van der Waals surface area contributed by atoms with E-state index in [1.165, 1.54) is 18.5 Å². The van der Waals surface area contributed by atoms with Gasteiger partial charge in [0, 0.05) is 31.2 Å². The Bertz CT molecular complexity index is 509. The molecule has 1 fully saturated rings. The van der Waals surface area contributed by atoms with Gasteiger partial charge in [0.1, 0.15) is 0 Å². The van der Waals surface area contributed by atoms with Crippen molar-refractivity contribution in [1.82, 2.24) is 14.5 Å². The summed E-state index contributed by atoms with van der Waals surface area (Å²) in [5.74, 6) is 0.685. The first-order valence-corrected chi connectivity index (χ1v) is 6.85. The van der Waals surface area contributed by atoms with Crippen LogP contribution >= 0.6 is 12.4 Å². The van der Waals surface area contributed by atoms with Crippen LogP contribution in [-0.2, 0) is 6.54 Å². The van der Waals surface area contributed by atoms with Gasteiger partial charge in [0.25, 0.3) is 0 Å². The van der Waals surface area contributed by atoms with E-state index in [4.69, 9.17) is 5.73 Å². The molecule has 1 aliphatic heterocycles. The Balaban J connectivity index is 0.00000147. The van der Waals surface area contributed by atoms with Gasteiger partial charge < -0.3 is 10.3 Å². The normalized spacial score (nSPS) is 18.9. The summed E-state index contributed by atoms with van der Waals surface area (Å²) in [6.07, 6.45) is 6.82. The van der Waals surface area contributed by atoms with Gasteiger partial charge in [-0.1, -0.05) is 12.1 Å². The van der Waals surface area contributed by atoms with Crippen LogP contribution in [0.1, 0.15) is 12.0 Å². The van der Waals surface area contributed by atoms with E-state index >= 15 is 0 Å².